The van der Waals surface area contributed by atoms with Crippen molar-refractivity contribution in [2.45, 2.75) is 33.0 Å². The molecule has 3 aromatic carbocycles. The van der Waals surface area contributed by atoms with Crippen molar-refractivity contribution in [2.75, 3.05) is 35.5 Å². The van der Waals surface area contributed by atoms with Crippen LogP contribution in [0.1, 0.15) is 30.9 Å². The standard InChI is InChI=1S/C34H37NO6/c1-7-22-11-8-14-26-27-18-31(41-21-24-13-10-16-29(37-4)34(24)39-6)30(17-25(27)19-35(2)32(22)26)40-20-23-12-9-15-28(36-3)33(23)38-5/h8-13,15-19H,7,14,20-21H2,1-6H3. The minimum atomic E-state index is 0.276. The summed E-state index contributed by atoms with van der Waals surface area (Å²) in [6.45, 7) is 2.75. The third kappa shape index (κ3) is 5.44. The Kier molecular flexibility index (Phi) is 8.43. The summed E-state index contributed by atoms with van der Waals surface area (Å²) < 4.78 is 35.2. The van der Waals surface area contributed by atoms with Gasteiger partial charge in [0.1, 0.15) is 13.2 Å². The second-order valence-electron chi connectivity index (χ2n) is 9.82. The normalized spacial score (nSPS) is 13.7. The first-order valence-electron chi connectivity index (χ1n) is 13.7. The van der Waals surface area contributed by atoms with E-state index in [2.05, 4.69) is 49.4 Å². The summed E-state index contributed by atoms with van der Waals surface area (Å²) >= 11 is 0. The fraction of sp³-hybridized carbons (Fsp3) is 0.294. The summed E-state index contributed by atoms with van der Waals surface area (Å²) in [5.74, 6) is 3.89. The Bertz CT molecular complexity index is 1620. The van der Waals surface area contributed by atoms with Crippen LogP contribution in [0.5, 0.6) is 34.5 Å². The molecule has 41 heavy (non-hydrogen) atoms. The summed E-state index contributed by atoms with van der Waals surface area (Å²) in [6, 6.07) is 15.7. The summed E-state index contributed by atoms with van der Waals surface area (Å²) in [5, 5.41) is 2.23. The molecule has 1 aliphatic heterocycles. The first kappa shape index (κ1) is 28.0. The Balaban J connectivity index is 1.58. The number of rotatable bonds is 11. The van der Waals surface area contributed by atoms with Crippen molar-refractivity contribution < 1.29 is 28.4 Å². The molecule has 0 unspecified atom stereocenters. The second-order valence-corrected chi connectivity index (χ2v) is 9.82. The van der Waals surface area contributed by atoms with Crippen LogP contribution in [0.15, 0.2) is 72.0 Å². The zero-order valence-electron chi connectivity index (χ0n) is 24.6. The van der Waals surface area contributed by atoms with E-state index in [1.807, 2.05) is 36.4 Å². The highest BCUT2D eigenvalue weighted by atomic mass is 16.5. The summed E-state index contributed by atoms with van der Waals surface area (Å²) in [7, 11) is 8.63. The maximum Gasteiger partial charge on any atom is 0.167 e. The largest absolute Gasteiger partial charge is 0.493 e. The van der Waals surface area contributed by atoms with Crippen LogP contribution in [0.4, 0.5) is 0 Å². The highest BCUT2D eigenvalue weighted by Gasteiger charge is 2.22. The van der Waals surface area contributed by atoms with Crippen molar-refractivity contribution in [2.24, 2.45) is 0 Å². The second kappa shape index (κ2) is 12.3. The van der Waals surface area contributed by atoms with Gasteiger partial charge >= 0.3 is 0 Å². The molecule has 7 nitrogen and oxygen atoms in total. The van der Waals surface area contributed by atoms with E-state index >= 15 is 0 Å². The molecule has 0 spiro atoms. The number of hydrogen-bond acceptors (Lipinski definition) is 7. The molecule has 0 bridgehead atoms. The van der Waals surface area contributed by atoms with Gasteiger partial charge in [-0.25, -0.2) is 0 Å². The molecular formula is C34H37NO6. The maximum atomic E-state index is 6.49. The van der Waals surface area contributed by atoms with E-state index in [-0.39, 0.29) is 13.2 Å². The Morgan fingerprint density at radius 2 is 1.32 bits per heavy atom. The van der Waals surface area contributed by atoms with Gasteiger partial charge in [0.05, 0.1) is 28.4 Å². The van der Waals surface area contributed by atoms with Gasteiger partial charge in [0.15, 0.2) is 34.5 Å². The van der Waals surface area contributed by atoms with Crippen LogP contribution < -0.4 is 38.9 Å². The lowest BCUT2D eigenvalue weighted by atomic mass is 9.91. The highest BCUT2D eigenvalue weighted by molar-refractivity contribution is 5.74. The van der Waals surface area contributed by atoms with Crippen LogP contribution >= 0.6 is 0 Å². The van der Waals surface area contributed by atoms with Gasteiger partial charge in [-0.2, -0.15) is 0 Å². The fourth-order valence-corrected chi connectivity index (χ4v) is 5.54. The third-order valence-electron chi connectivity index (χ3n) is 7.47. The number of nitrogens with zero attached hydrogens (tertiary/aromatic N) is 1. The number of hydrogen-bond donors (Lipinski definition) is 0. The SMILES string of the molecule is CCC1=C2C(=c3cc(OCc4cccc(OC)c4OC)c(OCc4cccc(OC)c4OC)cc3=CN2C)CC=C1. The lowest BCUT2D eigenvalue weighted by Gasteiger charge is -2.29. The summed E-state index contributed by atoms with van der Waals surface area (Å²) in [6.07, 6.45) is 8.46. The molecule has 0 atom stereocenters. The monoisotopic (exact) mass is 555 g/mol. The smallest absolute Gasteiger partial charge is 0.167 e. The van der Waals surface area contributed by atoms with Gasteiger partial charge in [-0.3, -0.25) is 0 Å². The predicted molar refractivity (Wildman–Crippen MR) is 160 cm³/mol. The fourth-order valence-electron chi connectivity index (χ4n) is 5.54. The third-order valence-corrected chi connectivity index (χ3v) is 7.47. The van der Waals surface area contributed by atoms with E-state index in [4.69, 9.17) is 28.4 Å². The molecule has 5 rings (SSSR count). The maximum absolute atomic E-state index is 6.49. The number of benzene rings is 3. The van der Waals surface area contributed by atoms with Crippen molar-refractivity contribution in [3.05, 3.63) is 93.5 Å². The molecule has 0 N–H and O–H groups in total. The van der Waals surface area contributed by atoms with E-state index in [1.54, 1.807) is 28.4 Å². The van der Waals surface area contributed by atoms with Crippen molar-refractivity contribution in [1.29, 1.82) is 0 Å². The number of methoxy groups -OCH3 is 4. The molecule has 0 fully saturated rings. The molecule has 0 saturated heterocycles. The minimum absolute atomic E-state index is 0.276. The van der Waals surface area contributed by atoms with Crippen LogP contribution in [-0.2, 0) is 13.2 Å². The van der Waals surface area contributed by atoms with Crippen LogP contribution in [0, 0.1) is 0 Å². The quantitative estimate of drug-likeness (QED) is 0.317. The summed E-state index contributed by atoms with van der Waals surface area (Å²) in [5.41, 5.74) is 5.62. The average molecular weight is 556 g/mol. The van der Waals surface area contributed by atoms with E-state index in [9.17, 15) is 0 Å². The van der Waals surface area contributed by atoms with Gasteiger partial charge < -0.3 is 33.3 Å². The Morgan fingerprint density at radius 1 is 0.732 bits per heavy atom. The molecule has 1 aliphatic carbocycles. The van der Waals surface area contributed by atoms with Crippen molar-refractivity contribution in [3.63, 3.8) is 0 Å². The molecule has 0 saturated carbocycles. The van der Waals surface area contributed by atoms with Crippen LogP contribution in [0.3, 0.4) is 0 Å². The van der Waals surface area contributed by atoms with Gasteiger partial charge in [-0.1, -0.05) is 43.3 Å². The van der Waals surface area contributed by atoms with Crippen molar-refractivity contribution in [3.8, 4) is 34.5 Å². The minimum Gasteiger partial charge on any atom is -0.493 e. The molecule has 0 radical (unpaired) electrons. The van der Waals surface area contributed by atoms with Crippen LogP contribution in [0.2, 0.25) is 0 Å². The van der Waals surface area contributed by atoms with Gasteiger partial charge in [-0.15, -0.1) is 0 Å². The Morgan fingerprint density at radius 3 is 1.85 bits per heavy atom. The Hall–Kier alpha value is -4.52. The molecule has 0 amide bonds. The van der Waals surface area contributed by atoms with E-state index in [1.165, 1.54) is 16.8 Å². The van der Waals surface area contributed by atoms with Crippen molar-refractivity contribution >= 4 is 11.8 Å². The lowest BCUT2D eigenvalue weighted by molar-refractivity contribution is 0.247. The van der Waals surface area contributed by atoms with Crippen LogP contribution in [0.25, 0.3) is 11.8 Å². The zero-order valence-corrected chi connectivity index (χ0v) is 24.6. The predicted octanol–water partition coefficient (Wildman–Crippen LogP) is 5.34. The zero-order chi connectivity index (χ0) is 28.9. The van der Waals surface area contributed by atoms with E-state index < -0.39 is 0 Å². The molecule has 3 aromatic rings. The van der Waals surface area contributed by atoms with Gasteiger partial charge in [0, 0.05) is 35.3 Å². The summed E-state index contributed by atoms with van der Waals surface area (Å²) in [4.78, 5) is 2.22. The molecule has 1 heterocycles. The highest BCUT2D eigenvalue weighted by Crippen LogP contribution is 2.36. The molecule has 7 heteroatoms. The molecular weight excluding hydrogens is 518 g/mol. The first-order chi connectivity index (χ1) is 20.0. The van der Waals surface area contributed by atoms with Gasteiger partial charge in [-0.05, 0) is 53.5 Å². The lowest BCUT2D eigenvalue weighted by Crippen LogP contribution is -2.37. The number of para-hydroxylation sites is 2. The molecule has 0 aromatic heterocycles. The molecule has 214 valence electrons. The van der Waals surface area contributed by atoms with Gasteiger partial charge in [0.2, 0.25) is 0 Å². The van der Waals surface area contributed by atoms with Crippen LogP contribution in [-0.4, -0.2) is 40.4 Å². The topological polar surface area (TPSA) is 58.6 Å². The number of allylic oxidation sites excluding steroid dienone is 4. The number of ether oxygens (including phenoxy) is 6. The Labute approximate surface area is 241 Å². The van der Waals surface area contributed by atoms with Gasteiger partial charge in [0.25, 0.3) is 0 Å². The van der Waals surface area contributed by atoms with E-state index in [0.29, 0.717) is 34.5 Å². The van der Waals surface area contributed by atoms with Crippen molar-refractivity contribution in [1.82, 2.24) is 4.90 Å². The number of fused-ring (bicyclic) bond motifs is 2. The van der Waals surface area contributed by atoms with E-state index in [0.717, 1.165) is 34.4 Å². The first-order valence-corrected chi connectivity index (χ1v) is 13.7. The average Bonchev–Trinajstić information content (AvgIpc) is 3.01. The molecule has 2 aliphatic rings.